The number of rotatable bonds is 5. The van der Waals surface area contributed by atoms with E-state index in [1.807, 2.05) is 4.57 Å². The summed E-state index contributed by atoms with van der Waals surface area (Å²) in [5.41, 5.74) is 0. The summed E-state index contributed by atoms with van der Waals surface area (Å²) in [6, 6.07) is 0. The Bertz CT molecular complexity index is 312. The lowest BCUT2D eigenvalue weighted by atomic mass is 10.0. The second-order valence-electron chi connectivity index (χ2n) is 5.12. The van der Waals surface area contributed by atoms with Crippen molar-refractivity contribution in [1.29, 1.82) is 0 Å². The van der Waals surface area contributed by atoms with Crippen LogP contribution in [0.5, 0.6) is 0 Å². The number of hydrogen-bond donors (Lipinski definition) is 0. The number of ether oxygens (including phenoxy) is 1. The molecule has 0 unspecified atom stereocenters. The Kier molecular flexibility index (Phi) is 4.50. The predicted octanol–water partition coefficient (Wildman–Crippen LogP) is 1.02. The van der Waals surface area contributed by atoms with Gasteiger partial charge in [0.1, 0.15) is 12.7 Å². The summed E-state index contributed by atoms with van der Waals surface area (Å²) >= 11 is 0. The summed E-state index contributed by atoms with van der Waals surface area (Å²) in [5.74, 6) is 0.706. The van der Waals surface area contributed by atoms with Crippen LogP contribution in [0.2, 0.25) is 0 Å². The fraction of sp³-hybridized carbons (Fsp3) is 0.833. The molecule has 1 aliphatic heterocycles. The lowest BCUT2D eigenvalue weighted by molar-refractivity contribution is -0.0380. The molecule has 1 aromatic heterocycles. The lowest BCUT2D eigenvalue weighted by Crippen LogP contribution is -2.44. The maximum Gasteiger partial charge on any atom is 0.119 e. The smallest absolute Gasteiger partial charge is 0.119 e. The summed E-state index contributed by atoms with van der Waals surface area (Å²) in [6.07, 6.45) is 5.10. The van der Waals surface area contributed by atoms with Crippen molar-refractivity contribution < 1.29 is 4.74 Å². The minimum absolute atomic E-state index is 0.407. The summed E-state index contributed by atoms with van der Waals surface area (Å²) < 4.78 is 7.80. The first-order valence-corrected chi connectivity index (χ1v) is 6.40. The molecule has 0 spiro atoms. The van der Waals surface area contributed by atoms with E-state index in [0.29, 0.717) is 12.0 Å². The average molecular weight is 238 g/mol. The fourth-order valence-corrected chi connectivity index (χ4v) is 2.25. The van der Waals surface area contributed by atoms with Gasteiger partial charge >= 0.3 is 0 Å². The zero-order valence-electron chi connectivity index (χ0n) is 10.7. The van der Waals surface area contributed by atoms with Gasteiger partial charge in [-0.1, -0.05) is 13.8 Å². The van der Waals surface area contributed by atoms with Crippen LogP contribution in [0.3, 0.4) is 0 Å². The Balaban J connectivity index is 1.73. The third kappa shape index (κ3) is 4.09. The molecule has 96 valence electrons. The maximum atomic E-state index is 5.78. The van der Waals surface area contributed by atoms with Gasteiger partial charge in [-0.05, 0) is 12.3 Å². The molecular weight excluding hydrogens is 216 g/mol. The first-order chi connectivity index (χ1) is 8.24. The Morgan fingerprint density at radius 3 is 2.76 bits per heavy atom. The van der Waals surface area contributed by atoms with Crippen molar-refractivity contribution in [2.75, 3.05) is 26.2 Å². The average Bonchev–Trinajstić information content (AvgIpc) is 2.79. The van der Waals surface area contributed by atoms with Gasteiger partial charge in [0.05, 0.1) is 12.7 Å². The number of hydrogen-bond acceptors (Lipinski definition) is 4. The Labute approximate surface area is 103 Å². The van der Waals surface area contributed by atoms with Crippen molar-refractivity contribution in [3.63, 3.8) is 0 Å². The first kappa shape index (κ1) is 12.5. The van der Waals surface area contributed by atoms with Crippen molar-refractivity contribution in [2.24, 2.45) is 5.92 Å². The largest absolute Gasteiger partial charge is 0.376 e. The van der Waals surface area contributed by atoms with Crippen molar-refractivity contribution in [3.05, 3.63) is 12.7 Å². The van der Waals surface area contributed by atoms with E-state index < -0.39 is 0 Å². The van der Waals surface area contributed by atoms with E-state index in [1.54, 1.807) is 12.7 Å². The molecule has 0 N–H and O–H groups in total. The molecule has 1 aromatic rings. The summed E-state index contributed by atoms with van der Waals surface area (Å²) in [4.78, 5) is 2.47. The predicted molar refractivity (Wildman–Crippen MR) is 65.7 cm³/mol. The number of morpholine rings is 1. The molecule has 1 saturated heterocycles. The van der Waals surface area contributed by atoms with Gasteiger partial charge in [0.2, 0.25) is 0 Å². The van der Waals surface area contributed by atoms with Gasteiger partial charge < -0.3 is 9.30 Å². The standard InChI is InChI=1S/C12H22N4O/c1-11(2)7-12-8-15(5-6-17-12)3-4-16-9-13-14-10-16/h9-12H,3-8H2,1-2H3/t12-/m0/s1. The summed E-state index contributed by atoms with van der Waals surface area (Å²) in [7, 11) is 0. The summed E-state index contributed by atoms with van der Waals surface area (Å²) in [6.45, 7) is 9.47. The van der Waals surface area contributed by atoms with Gasteiger partial charge in [0, 0.05) is 26.2 Å². The van der Waals surface area contributed by atoms with Crippen molar-refractivity contribution >= 4 is 0 Å². The second kappa shape index (κ2) is 6.12. The molecule has 2 heterocycles. The zero-order chi connectivity index (χ0) is 12.1. The minimum Gasteiger partial charge on any atom is -0.376 e. The van der Waals surface area contributed by atoms with Crippen molar-refractivity contribution in [3.8, 4) is 0 Å². The highest BCUT2D eigenvalue weighted by Crippen LogP contribution is 2.13. The Morgan fingerprint density at radius 1 is 1.29 bits per heavy atom. The first-order valence-electron chi connectivity index (χ1n) is 6.40. The molecule has 0 saturated carbocycles. The maximum absolute atomic E-state index is 5.78. The van der Waals surface area contributed by atoms with Gasteiger partial charge in [-0.3, -0.25) is 4.90 Å². The van der Waals surface area contributed by atoms with Crippen LogP contribution in [0.4, 0.5) is 0 Å². The highest BCUT2D eigenvalue weighted by molar-refractivity contribution is 4.73. The van der Waals surface area contributed by atoms with Gasteiger partial charge in [-0.15, -0.1) is 10.2 Å². The molecule has 0 radical (unpaired) electrons. The van der Waals surface area contributed by atoms with E-state index in [9.17, 15) is 0 Å². The van der Waals surface area contributed by atoms with Crippen LogP contribution in [0.25, 0.3) is 0 Å². The van der Waals surface area contributed by atoms with E-state index in [4.69, 9.17) is 4.74 Å². The van der Waals surface area contributed by atoms with E-state index in [0.717, 1.165) is 39.2 Å². The van der Waals surface area contributed by atoms with E-state index in [-0.39, 0.29) is 0 Å². The lowest BCUT2D eigenvalue weighted by Gasteiger charge is -2.33. The highest BCUT2D eigenvalue weighted by Gasteiger charge is 2.20. The molecular formula is C12H22N4O. The SMILES string of the molecule is CC(C)C[C@H]1CN(CCn2cnnc2)CCO1. The topological polar surface area (TPSA) is 43.2 Å². The molecule has 17 heavy (non-hydrogen) atoms. The van der Waals surface area contributed by atoms with E-state index >= 15 is 0 Å². The van der Waals surface area contributed by atoms with Crippen molar-refractivity contribution in [2.45, 2.75) is 32.9 Å². The van der Waals surface area contributed by atoms with Crippen LogP contribution in [-0.4, -0.2) is 52.0 Å². The minimum atomic E-state index is 0.407. The number of nitrogens with zero attached hydrogens (tertiary/aromatic N) is 4. The van der Waals surface area contributed by atoms with Crippen LogP contribution in [0.1, 0.15) is 20.3 Å². The molecule has 0 amide bonds. The summed E-state index contributed by atoms with van der Waals surface area (Å²) in [5, 5.41) is 7.62. The van der Waals surface area contributed by atoms with Crippen LogP contribution in [-0.2, 0) is 11.3 Å². The molecule has 1 atom stereocenters. The highest BCUT2D eigenvalue weighted by atomic mass is 16.5. The van der Waals surface area contributed by atoms with Gasteiger partial charge in [-0.2, -0.15) is 0 Å². The molecule has 5 heteroatoms. The molecule has 0 aliphatic carbocycles. The Morgan fingerprint density at radius 2 is 2.06 bits per heavy atom. The molecule has 0 bridgehead atoms. The van der Waals surface area contributed by atoms with Gasteiger partial charge in [0.15, 0.2) is 0 Å². The zero-order valence-corrected chi connectivity index (χ0v) is 10.7. The molecule has 2 rings (SSSR count). The van der Waals surface area contributed by atoms with Gasteiger partial charge in [0.25, 0.3) is 0 Å². The van der Waals surface area contributed by atoms with Crippen molar-refractivity contribution in [1.82, 2.24) is 19.7 Å². The molecule has 1 fully saturated rings. The van der Waals surface area contributed by atoms with Crippen LogP contribution in [0.15, 0.2) is 12.7 Å². The third-order valence-corrected chi connectivity index (χ3v) is 3.10. The molecule has 1 aliphatic rings. The van der Waals surface area contributed by atoms with Crippen LogP contribution >= 0.6 is 0 Å². The molecule has 0 aromatic carbocycles. The molecule has 5 nitrogen and oxygen atoms in total. The second-order valence-corrected chi connectivity index (χ2v) is 5.12. The van der Waals surface area contributed by atoms with Gasteiger partial charge in [-0.25, -0.2) is 0 Å². The van der Waals surface area contributed by atoms with E-state index in [2.05, 4.69) is 28.9 Å². The normalized spacial score (nSPS) is 22.2. The van der Waals surface area contributed by atoms with Crippen LogP contribution in [0, 0.1) is 5.92 Å². The number of aromatic nitrogens is 3. The fourth-order valence-electron chi connectivity index (χ4n) is 2.25. The monoisotopic (exact) mass is 238 g/mol. The Hall–Kier alpha value is -0.940. The quantitative estimate of drug-likeness (QED) is 0.768. The third-order valence-electron chi connectivity index (χ3n) is 3.10. The van der Waals surface area contributed by atoms with Crippen LogP contribution < -0.4 is 0 Å². The van der Waals surface area contributed by atoms with E-state index in [1.165, 1.54) is 0 Å².